The Balaban J connectivity index is 1.71. The number of halogens is 1. The number of hydrogen-bond donors (Lipinski definition) is 2. The van der Waals surface area contributed by atoms with Gasteiger partial charge in [-0.1, -0.05) is 24.3 Å². The first kappa shape index (κ1) is 17.6. The lowest BCUT2D eigenvalue weighted by molar-refractivity contribution is -0.126. The molecule has 1 aliphatic rings. The quantitative estimate of drug-likeness (QED) is 0.866. The molecule has 130 valence electrons. The number of benzene rings is 2. The molecule has 0 radical (unpaired) electrons. The second-order valence-electron chi connectivity index (χ2n) is 6.24. The fourth-order valence-corrected chi connectivity index (χ4v) is 2.74. The van der Waals surface area contributed by atoms with Crippen LogP contribution >= 0.6 is 0 Å². The first-order valence-electron chi connectivity index (χ1n) is 8.30. The second kappa shape index (κ2) is 7.77. The SMILES string of the molecule is N#Cc1ccc(-c2ccc(C[C@@H](C#N)NC(=O)C3CNC3)c(F)c2)cc1. The fourth-order valence-electron chi connectivity index (χ4n) is 2.74. The van der Waals surface area contributed by atoms with Crippen LogP contribution in [0.3, 0.4) is 0 Å². The van der Waals surface area contributed by atoms with E-state index in [4.69, 9.17) is 5.26 Å². The molecule has 5 nitrogen and oxygen atoms in total. The Morgan fingerprint density at radius 2 is 1.88 bits per heavy atom. The Bertz CT molecular complexity index is 892. The van der Waals surface area contributed by atoms with Crippen molar-refractivity contribution in [3.63, 3.8) is 0 Å². The van der Waals surface area contributed by atoms with Crippen LogP contribution in [-0.4, -0.2) is 25.0 Å². The first-order valence-corrected chi connectivity index (χ1v) is 8.30. The molecule has 1 fully saturated rings. The van der Waals surface area contributed by atoms with Crippen LogP contribution in [0.1, 0.15) is 11.1 Å². The first-order chi connectivity index (χ1) is 12.6. The summed E-state index contributed by atoms with van der Waals surface area (Å²) >= 11 is 0. The van der Waals surface area contributed by atoms with Crippen molar-refractivity contribution in [3.05, 3.63) is 59.4 Å². The van der Waals surface area contributed by atoms with Gasteiger partial charge in [-0.2, -0.15) is 10.5 Å². The van der Waals surface area contributed by atoms with Crippen molar-refractivity contribution in [1.82, 2.24) is 10.6 Å². The van der Waals surface area contributed by atoms with E-state index in [2.05, 4.69) is 10.6 Å². The molecule has 1 aliphatic heterocycles. The predicted octanol–water partition coefficient (Wildman–Crippen LogP) is 2.13. The van der Waals surface area contributed by atoms with Gasteiger partial charge in [-0.3, -0.25) is 4.79 Å². The van der Waals surface area contributed by atoms with Gasteiger partial charge in [0.1, 0.15) is 11.9 Å². The largest absolute Gasteiger partial charge is 0.340 e. The van der Waals surface area contributed by atoms with E-state index in [9.17, 15) is 14.4 Å². The van der Waals surface area contributed by atoms with Crippen molar-refractivity contribution in [2.45, 2.75) is 12.5 Å². The highest BCUT2D eigenvalue weighted by molar-refractivity contribution is 5.80. The highest BCUT2D eigenvalue weighted by atomic mass is 19.1. The molecule has 26 heavy (non-hydrogen) atoms. The van der Waals surface area contributed by atoms with Crippen molar-refractivity contribution >= 4 is 5.91 Å². The van der Waals surface area contributed by atoms with Gasteiger partial charge in [0.25, 0.3) is 0 Å². The molecule has 2 aromatic carbocycles. The van der Waals surface area contributed by atoms with Gasteiger partial charge in [-0.15, -0.1) is 0 Å². The molecule has 2 N–H and O–H groups in total. The molecular formula is C20H17FN4O. The monoisotopic (exact) mass is 348 g/mol. The minimum Gasteiger partial charge on any atom is -0.340 e. The van der Waals surface area contributed by atoms with E-state index in [0.29, 0.717) is 29.8 Å². The minimum atomic E-state index is -0.765. The van der Waals surface area contributed by atoms with Crippen molar-refractivity contribution < 1.29 is 9.18 Å². The molecule has 0 spiro atoms. The smallest absolute Gasteiger partial charge is 0.226 e. The van der Waals surface area contributed by atoms with Crippen LogP contribution in [0.15, 0.2) is 42.5 Å². The molecular weight excluding hydrogens is 331 g/mol. The molecule has 1 atom stereocenters. The number of carbonyl (C=O) groups excluding carboxylic acids is 1. The molecule has 1 amide bonds. The summed E-state index contributed by atoms with van der Waals surface area (Å²) in [6.07, 6.45) is 0.113. The Morgan fingerprint density at radius 1 is 1.19 bits per heavy atom. The van der Waals surface area contributed by atoms with Gasteiger partial charge in [-0.05, 0) is 34.9 Å². The summed E-state index contributed by atoms with van der Waals surface area (Å²) in [6.45, 7) is 1.22. The van der Waals surface area contributed by atoms with Crippen LogP contribution in [0.5, 0.6) is 0 Å². The van der Waals surface area contributed by atoms with Gasteiger partial charge in [0.15, 0.2) is 0 Å². The minimum absolute atomic E-state index is 0.113. The van der Waals surface area contributed by atoms with E-state index in [-0.39, 0.29) is 18.2 Å². The van der Waals surface area contributed by atoms with Gasteiger partial charge in [0, 0.05) is 19.5 Å². The summed E-state index contributed by atoms with van der Waals surface area (Å²) in [5.41, 5.74) is 2.41. The molecule has 0 aliphatic carbocycles. The van der Waals surface area contributed by atoms with E-state index in [1.807, 2.05) is 12.1 Å². The van der Waals surface area contributed by atoms with Gasteiger partial charge < -0.3 is 10.6 Å². The molecule has 3 rings (SSSR count). The van der Waals surface area contributed by atoms with Crippen LogP contribution in [-0.2, 0) is 11.2 Å². The van der Waals surface area contributed by atoms with Crippen LogP contribution < -0.4 is 10.6 Å². The molecule has 1 heterocycles. The Morgan fingerprint density at radius 3 is 2.42 bits per heavy atom. The van der Waals surface area contributed by atoms with E-state index < -0.39 is 11.9 Å². The van der Waals surface area contributed by atoms with E-state index in [1.54, 1.807) is 36.4 Å². The zero-order valence-corrected chi connectivity index (χ0v) is 14.0. The maximum Gasteiger partial charge on any atom is 0.226 e. The normalized spacial score (nSPS) is 14.6. The molecule has 0 saturated carbocycles. The van der Waals surface area contributed by atoms with Crippen molar-refractivity contribution in [2.24, 2.45) is 5.92 Å². The van der Waals surface area contributed by atoms with E-state index >= 15 is 0 Å². The van der Waals surface area contributed by atoms with Crippen LogP contribution in [0, 0.1) is 34.4 Å². The van der Waals surface area contributed by atoms with Crippen molar-refractivity contribution in [2.75, 3.05) is 13.1 Å². The lowest BCUT2D eigenvalue weighted by Crippen LogP contribution is -2.52. The number of nitrogens with zero attached hydrogens (tertiary/aromatic N) is 2. The Hall–Kier alpha value is -3.22. The van der Waals surface area contributed by atoms with Crippen LogP contribution in [0.2, 0.25) is 0 Å². The average Bonchev–Trinajstić information content (AvgIpc) is 2.61. The summed E-state index contributed by atoms with van der Waals surface area (Å²) in [7, 11) is 0. The molecule has 6 heteroatoms. The Labute approximate surface area is 151 Å². The predicted molar refractivity (Wildman–Crippen MR) is 94.2 cm³/mol. The highest BCUT2D eigenvalue weighted by Crippen LogP contribution is 2.23. The van der Waals surface area contributed by atoms with Gasteiger partial charge in [-0.25, -0.2) is 4.39 Å². The summed E-state index contributed by atoms with van der Waals surface area (Å²) in [5.74, 6) is -0.717. The summed E-state index contributed by atoms with van der Waals surface area (Å²) in [6, 6.07) is 15.0. The van der Waals surface area contributed by atoms with Gasteiger partial charge in [0.05, 0.1) is 23.6 Å². The topological polar surface area (TPSA) is 88.7 Å². The number of hydrogen-bond acceptors (Lipinski definition) is 4. The second-order valence-corrected chi connectivity index (χ2v) is 6.24. The zero-order chi connectivity index (χ0) is 18.5. The maximum atomic E-state index is 14.5. The molecule has 0 unspecified atom stereocenters. The van der Waals surface area contributed by atoms with Gasteiger partial charge in [0.2, 0.25) is 5.91 Å². The lowest BCUT2D eigenvalue weighted by Gasteiger charge is -2.26. The number of rotatable bonds is 5. The summed E-state index contributed by atoms with van der Waals surface area (Å²) in [5, 5.41) is 23.8. The molecule has 2 aromatic rings. The van der Waals surface area contributed by atoms with E-state index in [0.717, 1.165) is 5.56 Å². The van der Waals surface area contributed by atoms with Crippen LogP contribution in [0.4, 0.5) is 4.39 Å². The summed E-state index contributed by atoms with van der Waals surface area (Å²) < 4.78 is 14.5. The number of amides is 1. The number of nitriles is 2. The van der Waals surface area contributed by atoms with Crippen molar-refractivity contribution in [1.29, 1.82) is 10.5 Å². The van der Waals surface area contributed by atoms with Gasteiger partial charge >= 0.3 is 0 Å². The zero-order valence-electron chi connectivity index (χ0n) is 14.0. The Kier molecular flexibility index (Phi) is 5.26. The standard InChI is InChI=1S/C20H17FN4O/c21-19-8-15(14-3-1-13(9-22)2-4-14)5-6-16(19)7-18(10-23)25-20(26)17-11-24-12-17/h1-6,8,17-18,24H,7,11-12H2,(H,25,26)/t18-/m0/s1. The third-order valence-corrected chi connectivity index (χ3v) is 4.45. The summed E-state index contributed by atoms with van der Waals surface area (Å²) in [4.78, 5) is 11.9. The third-order valence-electron chi connectivity index (χ3n) is 4.45. The fraction of sp³-hybridized carbons (Fsp3) is 0.250. The molecule has 0 aromatic heterocycles. The van der Waals surface area contributed by atoms with E-state index in [1.165, 1.54) is 6.07 Å². The van der Waals surface area contributed by atoms with Crippen LogP contribution in [0.25, 0.3) is 11.1 Å². The van der Waals surface area contributed by atoms with Crippen molar-refractivity contribution in [3.8, 4) is 23.3 Å². The number of carbonyl (C=O) groups is 1. The highest BCUT2D eigenvalue weighted by Gasteiger charge is 2.26. The maximum absolute atomic E-state index is 14.5. The average molecular weight is 348 g/mol. The number of nitrogens with one attached hydrogen (secondary N) is 2. The lowest BCUT2D eigenvalue weighted by atomic mass is 9.98. The molecule has 1 saturated heterocycles. The third kappa shape index (κ3) is 3.88. The molecule has 0 bridgehead atoms.